The Morgan fingerprint density at radius 3 is 2.53 bits per heavy atom. The fourth-order valence-corrected chi connectivity index (χ4v) is 3.53. The number of carbonyl (C=O) groups is 1. The zero-order chi connectivity index (χ0) is 22.7. The molecule has 8 nitrogen and oxygen atoms in total. The van der Waals surface area contributed by atoms with Gasteiger partial charge in [-0.05, 0) is 49.7 Å². The molecular weight excluding hydrogens is 404 g/mol. The molecule has 0 spiro atoms. The largest absolute Gasteiger partial charge is 0.350 e. The minimum absolute atomic E-state index is 0.162. The summed E-state index contributed by atoms with van der Waals surface area (Å²) in [7, 11) is 1.69. The number of fused-ring (bicyclic) bond motifs is 1. The molecule has 0 saturated carbocycles. The van der Waals surface area contributed by atoms with Crippen LogP contribution in [0.2, 0.25) is 0 Å². The van der Waals surface area contributed by atoms with Crippen molar-refractivity contribution in [3.05, 3.63) is 93.3 Å². The van der Waals surface area contributed by atoms with Crippen LogP contribution in [0.15, 0.2) is 59.4 Å². The van der Waals surface area contributed by atoms with Crippen LogP contribution in [0, 0.1) is 13.8 Å². The lowest BCUT2D eigenvalue weighted by Gasteiger charge is -2.17. The molecule has 0 atom stereocenters. The average Bonchev–Trinajstić information content (AvgIpc) is 2.77. The van der Waals surface area contributed by atoms with Gasteiger partial charge < -0.3 is 15.2 Å². The predicted molar refractivity (Wildman–Crippen MR) is 123 cm³/mol. The normalized spacial score (nSPS) is 10.8. The highest BCUT2D eigenvalue weighted by Gasteiger charge is 2.14. The number of aromatic amines is 1. The van der Waals surface area contributed by atoms with Crippen LogP contribution in [-0.4, -0.2) is 37.8 Å². The number of nitrogens with zero attached hydrogens (tertiary/aromatic N) is 4. The summed E-state index contributed by atoms with van der Waals surface area (Å²) in [6, 6.07) is 16.4. The quantitative estimate of drug-likeness (QED) is 0.489. The summed E-state index contributed by atoms with van der Waals surface area (Å²) in [6.07, 6.45) is 0. The third-order valence-electron chi connectivity index (χ3n) is 5.00. The Morgan fingerprint density at radius 1 is 1.00 bits per heavy atom. The van der Waals surface area contributed by atoms with E-state index in [-0.39, 0.29) is 18.0 Å². The van der Waals surface area contributed by atoms with E-state index in [0.29, 0.717) is 34.8 Å². The van der Waals surface area contributed by atoms with Crippen molar-refractivity contribution in [2.75, 3.05) is 12.4 Å². The maximum atomic E-state index is 13.0. The van der Waals surface area contributed by atoms with Crippen LogP contribution >= 0.6 is 0 Å². The number of aryl methyl sites for hydroxylation is 2. The number of rotatable bonds is 6. The fourth-order valence-electron chi connectivity index (χ4n) is 3.53. The molecule has 0 aliphatic rings. The summed E-state index contributed by atoms with van der Waals surface area (Å²) in [5.41, 5.74) is 3.67. The molecule has 4 aromatic rings. The molecule has 2 aromatic heterocycles. The van der Waals surface area contributed by atoms with Crippen LogP contribution < -0.4 is 10.9 Å². The van der Waals surface area contributed by atoms with Gasteiger partial charge in [0.05, 0.1) is 17.4 Å². The molecule has 32 heavy (non-hydrogen) atoms. The minimum Gasteiger partial charge on any atom is -0.350 e. The first-order valence-electron chi connectivity index (χ1n) is 10.3. The van der Waals surface area contributed by atoms with Crippen molar-refractivity contribution in [3.63, 3.8) is 0 Å². The second-order valence-corrected chi connectivity index (χ2v) is 7.72. The summed E-state index contributed by atoms with van der Waals surface area (Å²) in [6.45, 7) is 4.53. The molecule has 8 heteroatoms. The molecule has 4 rings (SSSR count). The van der Waals surface area contributed by atoms with Crippen molar-refractivity contribution in [2.24, 2.45) is 0 Å². The van der Waals surface area contributed by atoms with Crippen molar-refractivity contribution in [2.45, 2.75) is 26.9 Å². The van der Waals surface area contributed by atoms with Gasteiger partial charge >= 0.3 is 0 Å². The summed E-state index contributed by atoms with van der Waals surface area (Å²) < 4.78 is 0. The molecule has 0 bridgehead atoms. The molecular formula is C24H24N6O2. The Balaban J connectivity index is 1.46. The van der Waals surface area contributed by atoms with Gasteiger partial charge in [-0.15, -0.1) is 0 Å². The van der Waals surface area contributed by atoms with Gasteiger partial charge in [0, 0.05) is 30.5 Å². The molecule has 0 saturated heterocycles. The standard InChI is InChI=1S/C24H24N6O2/c1-15-11-16(2)27-24(26-15)25-13-17-7-6-8-18(12-17)23(32)30(3)14-21-28-20-10-5-4-9-19(20)22(31)29-21/h4-12H,13-14H2,1-3H3,(H,25,26,27)(H,28,29,31). The van der Waals surface area contributed by atoms with Crippen molar-refractivity contribution >= 4 is 22.8 Å². The molecule has 1 amide bonds. The van der Waals surface area contributed by atoms with Crippen LogP contribution in [-0.2, 0) is 13.1 Å². The van der Waals surface area contributed by atoms with E-state index >= 15 is 0 Å². The van der Waals surface area contributed by atoms with Gasteiger partial charge in [-0.2, -0.15) is 0 Å². The van der Waals surface area contributed by atoms with Crippen LogP contribution in [0.1, 0.15) is 33.1 Å². The predicted octanol–water partition coefficient (Wildman–Crippen LogP) is 3.21. The molecule has 0 radical (unpaired) electrons. The van der Waals surface area contributed by atoms with Crippen molar-refractivity contribution in [3.8, 4) is 0 Å². The number of nitrogens with one attached hydrogen (secondary N) is 2. The van der Waals surface area contributed by atoms with Gasteiger partial charge in [-0.1, -0.05) is 24.3 Å². The van der Waals surface area contributed by atoms with E-state index in [4.69, 9.17) is 0 Å². The Hall–Kier alpha value is -4.07. The lowest BCUT2D eigenvalue weighted by atomic mass is 10.1. The van der Waals surface area contributed by atoms with Crippen molar-refractivity contribution in [1.29, 1.82) is 0 Å². The number of para-hydroxylation sites is 1. The second kappa shape index (κ2) is 8.97. The van der Waals surface area contributed by atoms with E-state index in [9.17, 15) is 9.59 Å². The topological polar surface area (TPSA) is 104 Å². The first kappa shape index (κ1) is 21.2. The number of hydrogen-bond acceptors (Lipinski definition) is 6. The number of benzene rings is 2. The Bertz CT molecular complexity index is 1330. The van der Waals surface area contributed by atoms with Crippen LogP contribution in [0.25, 0.3) is 10.9 Å². The van der Waals surface area contributed by atoms with Crippen molar-refractivity contribution in [1.82, 2.24) is 24.8 Å². The molecule has 2 heterocycles. The maximum absolute atomic E-state index is 13.0. The molecule has 2 N–H and O–H groups in total. The maximum Gasteiger partial charge on any atom is 0.258 e. The highest BCUT2D eigenvalue weighted by atomic mass is 16.2. The van der Waals surface area contributed by atoms with Gasteiger partial charge in [-0.25, -0.2) is 15.0 Å². The highest BCUT2D eigenvalue weighted by molar-refractivity contribution is 5.94. The molecule has 162 valence electrons. The monoisotopic (exact) mass is 428 g/mol. The van der Waals surface area contributed by atoms with E-state index < -0.39 is 0 Å². The van der Waals surface area contributed by atoms with Gasteiger partial charge in [-0.3, -0.25) is 9.59 Å². The number of H-pyrrole nitrogens is 1. The van der Waals surface area contributed by atoms with Gasteiger partial charge in [0.1, 0.15) is 5.82 Å². The number of carbonyl (C=O) groups excluding carboxylic acids is 1. The number of anilines is 1. The molecule has 0 aliphatic heterocycles. The second-order valence-electron chi connectivity index (χ2n) is 7.72. The molecule has 0 fully saturated rings. The van der Waals surface area contributed by atoms with Crippen LogP contribution in [0.5, 0.6) is 0 Å². The third-order valence-corrected chi connectivity index (χ3v) is 5.00. The van der Waals surface area contributed by atoms with Gasteiger partial charge in [0.15, 0.2) is 0 Å². The SMILES string of the molecule is Cc1cc(C)nc(NCc2cccc(C(=O)N(C)Cc3nc4ccccc4c(=O)[nH]3)c2)n1. The number of hydrogen-bond donors (Lipinski definition) is 2. The molecule has 0 aliphatic carbocycles. The minimum atomic E-state index is -0.215. The summed E-state index contributed by atoms with van der Waals surface area (Å²) in [5.74, 6) is 0.835. The van der Waals surface area contributed by atoms with Crippen molar-refractivity contribution < 1.29 is 4.79 Å². The van der Waals surface area contributed by atoms with E-state index in [1.165, 1.54) is 4.90 Å². The molecule has 0 unspecified atom stereocenters. The first-order chi connectivity index (χ1) is 15.4. The van der Waals surface area contributed by atoms with Crippen LogP contribution in [0.3, 0.4) is 0 Å². The lowest BCUT2D eigenvalue weighted by Crippen LogP contribution is -2.28. The third kappa shape index (κ3) is 4.80. The van der Waals surface area contributed by atoms with E-state index in [0.717, 1.165) is 17.0 Å². The van der Waals surface area contributed by atoms with Crippen LogP contribution in [0.4, 0.5) is 5.95 Å². The van der Waals surface area contributed by atoms with E-state index in [1.54, 1.807) is 31.3 Å². The summed E-state index contributed by atoms with van der Waals surface area (Å²) in [5, 5.41) is 3.73. The smallest absolute Gasteiger partial charge is 0.258 e. The zero-order valence-electron chi connectivity index (χ0n) is 18.2. The summed E-state index contributed by atoms with van der Waals surface area (Å²) >= 11 is 0. The van der Waals surface area contributed by atoms with Gasteiger partial charge in [0.25, 0.3) is 11.5 Å². The Labute approximate surface area is 185 Å². The first-order valence-corrected chi connectivity index (χ1v) is 10.3. The van der Waals surface area contributed by atoms with E-state index in [1.807, 2.05) is 44.2 Å². The average molecular weight is 428 g/mol. The zero-order valence-corrected chi connectivity index (χ0v) is 18.2. The fraction of sp³-hybridized carbons (Fsp3) is 0.208. The highest BCUT2D eigenvalue weighted by Crippen LogP contribution is 2.12. The lowest BCUT2D eigenvalue weighted by molar-refractivity contribution is 0.0781. The Morgan fingerprint density at radius 2 is 1.75 bits per heavy atom. The molecule has 2 aromatic carbocycles. The van der Waals surface area contributed by atoms with E-state index in [2.05, 4.69) is 25.3 Å². The Kier molecular flexibility index (Phi) is 5.93. The number of amides is 1. The van der Waals surface area contributed by atoms with Gasteiger partial charge in [0.2, 0.25) is 5.95 Å². The number of aromatic nitrogens is 4. The summed E-state index contributed by atoms with van der Waals surface area (Å²) in [4.78, 5) is 42.8.